The number of morpholine rings is 1. The van der Waals surface area contributed by atoms with Crippen LogP contribution in [0.15, 0.2) is 47.4 Å². The second kappa shape index (κ2) is 10.2. The lowest BCUT2D eigenvalue weighted by Crippen LogP contribution is -2.45. The summed E-state index contributed by atoms with van der Waals surface area (Å²) >= 11 is 1.24. The molecule has 1 saturated heterocycles. The van der Waals surface area contributed by atoms with Crippen molar-refractivity contribution in [2.24, 2.45) is 0 Å². The van der Waals surface area contributed by atoms with Gasteiger partial charge in [0.05, 0.1) is 30.6 Å². The summed E-state index contributed by atoms with van der Waals surface area (Å²) in [6.07, 6.45) is 0.0350. The van der Waals surface area contributed by atoms with Gasteiger partial charge in [-0.2, -0.15) is 0 Å². The van der Waals surface area contributed by atoms with Crippen molar-refractivity contribution >= 4 is 35.0 Å². The average Bonchev–Trinajstić information content (AvgIpc) is 2.72. The monoisotopic (exact) mass is 446 g/mol. The highest BCUT2D eigenvalue weighted by Gasteiger charge is 2.25. The first-order valence-corrected chi connectivity index (χ1v) is 11.0. The topological polar surface area (TPSA) is 67.9 Å². The number of ether oxygens (including phenoxy) is 2. The maximum absolute atomic E-state index is 14.8. The van der Waals surface area contributed by atoms with Crippen molar-refractivity contribution in [1.29, 1.82) is 0 Å². The van der Waals surface area contributed by atoms with Crippen molar-refractivity contribution < 1.29 is 23.5 Å². The van der Waals surface area contributed by atoms with Gasteiger partial charge < -0.3 is 19.7 Å². The van der Waals surface area contributed by atoms with E-state index in [1.165, 1.54) is 24.9 Å². The Bertz CT molecular complexity index is 945. The molecule has 3 atom stereocenters. The van der Waals surface area contributed by atoms with E-state index in [0.29, 0.717) is 34.9 Å². The van der Waals surface area contributed by atoms with Gasteiger partial charge in [0.1, 0.15) is 11.1 Å². The van der Waals surface area contributed by atoms with E-state index < -0.39 is 11.1 Å². The zero-order chi connectivity index (χ0) is 22.5. The van der Waals surface area contributed by atoms with E-state index in [0.717, 1.165) is 0 Å². The standard InChI is InChI=1S/C23H27FN2O4S/c1-14-12-26(13-15(2)30-14)20-10-9-17(11-19(20)24)25-22(27)18-7-5-6-8-21(18)31-16(3)23(28)29-4/h5-11,14-16H,12-13H2,1-4H3,(H,25,27). The molecule has 2 aromatic carbocycles. The number of methoxy groups -OCH3 is 1. The number of benzene rings is 2. The largest absolute Gasteiger partial charge is 0.468 e. The van der Waals surface area contributed by atoms with Gasteiger partial charge in [0.2, 0.25) is 0 Å². The van der Waals surface area contributed by atoms with Gasteiger partial charge in [-0.25, -0.2) is 4.39 Å². The van der Waals surface area contributed by atoms with Crippen LogP contribution in [-0.2, 0) is 14.3 Å². The van der Waals surface area contributed by atoms with E-state index in [4.69, 9.17) is 9.47 Å². The Morgan fingerprint density at radius 3 is 2.52 bits per heavy atom. The van der Waals surface area contributed by atoms with Gasteiger partial charge in [-0.15, -0.1) is 11.8 Å². The molecule has 8 heteroatoms. The summed E-state index contributed by atoms with van der Waals surface area (Å²) in [6, 6.07) is 11.7. The predicted molar refractivity (Wildman–Crippen MR) is 120 cm³/mol. The zero-order valence-electron chi connectivity index (χ0n) is 18.1. The van der Waals surface area contributed by atoms with Gasteiger partial charge in [0.25, 0.3) is 5.91 Å². The molecule has 3 unspecified atom stereocenters. The Hall–Kier alpha value is -2.58. The first kappa shape index (κ1) is 23.1. The molecule has 2 aromatic rings. The molecule has 0 radical (unpaired) electrons. The van der Waals surface area contributed by atoms with Crippen LogP contribution in [0.1, 0.15) is 31.1 Å². The Kier molecular flexibility index (Phi) is 7.56. The van der Waals surface area contributed by atoms with Crippen LogP contribution in [0.2, 0.25) is 0 Å². The van der Waals surface area contributed by atoms with Gasteiger partial charge in [-0.1, -0.05) is 12.1 Å². The summed E-state index contributed by atoms with van der Waals surface area (Å²) in [5, 5.41) is 2.29. The molecule has 0 bridgehead atoms. The lowest BCUT2D eigenvalue weighted by molar-refractivity contribution is -0.139. The molecule has 166 valence electrons. The van der Waals surface area contributed by atoms with Crippen LogP contribution in [0, 0.1) is 5.82 Å². The van der Waals surface area contributed by atoms with Crippen molar-refractivity contribution in [1.82, 2.24) is 0 Å². The van der Waals surface area contributed by atoms with Crippen molar-refractivity contribution in [3.8, 4) is 0 Å². The fourth-order valence-electron chi connectivity index (χ4n) is 3.58. The van der Waals surface area contributed by atoms with Crippen LogP contribution in [0.25, 0.3) is 0 Å². The van der Waals surface area contributed by atoms with E-state index in [1.54, 1.807) is 43.3 Å². The number of hydrogen-bond acceptors (Lipinski definition) is 6. The first-order chi connectivity index (χ1) is 14.8. The number of thioether (sulfide) groups is 1. The predicted octanol–water partition coefficient (Wildman–Crippen LogP) is 4.35. The number of carbonyl (C=O) groups excluding carboxylic acids is 2. The number of halogens is 1. The SMILES string of the molecule is COC(=O)C(C)Sc1ccccc1C(=O)Nc1ccc(N2CC(C)OC(C)C2)c(F)c1. The minimum absolute atomic E-state index is 0.0175. The van der Waals surface area contributed by atoms with Crippen molar-refractivity contribution in [3.05, 3.63) is 53.8 Å². The Morgan fingerprint density at radius 2 is 1.87 bits per heavy atom. The normalized spacial score (nSPS) is 19.6. The van der Waals surface area contributed by atoms with E-state index in [2.05, 4.69) is 5.32 Å². The van der Waals surface area contributed by atoms with E-state index in [1.807, 2.05) is 18.7 Å². The zero-order valence-corrected chi connectivity index (χ0v) is 18.9. The summed E-state index contributed by atoms with van der Waals surface area (Å²) in [5.74, 6) is -1.15. The van der Waals surface area contributed by atoms with Crippen molar-refractivity contribution in [2.75, 3.05) is 30.4 Å². The van der Waals surface area contributed by atoms with Crippen LogP contribution in [-0.4, -0.2) is 49.5 Å². The van der Waals surface area contributed by atoms with Gasteiger partial charge in [0, 0.05) is 23.7 Å². The summed E-state index contributed by atoms with van der Waals surface area (Å²) in [7, 11) is 1.33. The van der Waals surface area contributed by atoms with Crippen LogP contribution in [0.3, 0.4) is 0 Å². The van der Waals surface area contributed by atoms with Crippen LogP contribution >= 0.6 is 11.8 Å². The number of esters is 1. The van der Waals surface area contributed by atoms with E-state index in [9.17, 15) is 14.0 Å². The molecule has 0 saturated carbocycles. The van der Waals surface area contributed by atoms with Crippen molar-refractivity contribution in [2.45, 2.75) is 43.1 Å². The quantitative estimate of drug-likeness (QED) is 0.526. The first-order valence-electron chi connectivity index (χ1n) is 10.1. The molecule has 6 nitrogen and oxygen atoms in total. The van der Waals surface area contributed by atoms with E-state index in [-0.39, 0.29) is 24.1 Å². The number of amides is 1. The minimum Gasteiger partial charge on any atom is -0.468 e. The summed E-state index contributed by atoms with van der Waals surface area (Å²) < 4.78 is 25.3. The molecule has 1 heterocycles. The van der Waals surface area contributed by atoms with Gasteiger partial charge in [-0.05, 0) is 51.1 Å². The fourth-order valence-corrected chi connectivity index (χ4v) is 4.59. The number of carbonyl (C=O) groups is 2. The average molecular weight is 447 g/mol. The highest BCUT2D eigenvalue weighted by Crippen LogP contribution is 2.29. The molecule has 31 heavy (non-hydrogen) atoms. The Balaban J connectivity index is 1.74. The highest BCUT2D eigenvalue weighted by atomic mass is 32.2. The number of rotatable bonds is 6. The molecule has 3 rings (SSSR count). The molecule has 1 aliphatic heterocycles. The van der Waals surface area contributed by atoms with Gasteiger partial charge >= 0.3 is 5.97 Å². The molecule has 1 fully saturated rings. The number of anilines is 2. The molecular formula is C23H27FN2O4S. The van der Waals surface area contributed by atoms with Gasteiger partial charge in [-0.3, -0.25) is 9.59 Å². The maximum atomic E-state index is 14.8. The maximum Gasteiger partial charge on any atom is 0.318 e. The van der Waals surface area contributed by atoms with E-state index >= 15 is 0 Å². The molecule has 1 N–H and O–H groups in total. The molecular weight excluding hydrogens is 419 g/mol. The lowest BCUT2D eigenvalue weighted by Gasteiger charge is -2.37. The number of nitrogens with zero attached hydrogens (tertiary/aromatic N) is 1. The molecule has 0 aliphatic carbocycles. The third kappa shape index (κ3) is 5.77. The van der Waals surface area contributed by atoms with Crippen molar-refractivity contribution in [3.63, 3.8) is 0 Å². The summed E-state index contributed by atoms with van der Waals surface area (Å²) in [4.78, 5) is 27.2. The molecule has 0 spiro atoms. The fraction of sp³-hybridized carbons (Fsp3) is 0.391. The Labute approximate surface area is 186 Å². The second-order valence-electron chi connectivity index (χ2n) is 7.56. The molecule has 1 amide bonds. The highest BCUT2D eigenvalue weighted by molar-refractivity contribution is 8.00. The Morgan fingerprint density at radius 1 is 1.19 bits per heavy atom. The molecule has 1 aliphatic rings. The third-order valence-electron chi connectivity index (χ3n) is 4.93. The van der Waals surface area contributed by atoms with Crippen LogP contribution in [0.5, 0.6) is 0 Å². The number of nitrogens with one attached hydrogen (secondary N) is 1. The second-order valence-corrected chi connectivity index (χ2v) is 8.94. The van der Waals surface area contributed by atoms with Crippen LogP contribution in [0.4, 0.5) is 15.8 Å². The van der Waals surface area contributed by atoms with Crippen LogP contribution < -0.4 is 10.2 Å². The minimum atomic E-state index is -0.464. The third-order valence-corrected chi connectivity index (χ3v) is 6.09. The lowest BCUT2D eigenvalue weighted by atomic mass is 10.1. The smallest absolute Gasteiger partial charge is 0.318 e. The van der Waals surface area contributed by atoms with Gasteiger partial charge in [0.15, 0.2) is 0 Å². The summed E-state index contributed by atoms with van der Waals surface area (Å²) in [6.45, 7) is 6.86. The molecule has 0 aromatic heterocycles. The number of hydrogen-bond donors (Lipinski definition) is 1. The summed E-state index contributed by atoms with van der Waals surface area (Å²) in [5.41, 5.74) is 1.26.